The summed E-state index contributed by atoms with van der Waals surface area (Å²) in [5, 5.41) is 2.13. The van der Waals surface area contributed by atoms with Crippen LogP contribution in [0.4, 0.5) is 17.1 Å². The number of hydrogen-bond acceptors (Lipinski definition) is 2. The van der Waals surface area contributed by atoms with Gasteiger partial charge in [-0.05, 0) is 91.9 Å². The second kappa shape index (κ2) is 8.11. The standard InChI is InChI=1S/C41H31NO/c1-40(2)33-14-7-5-10-27(33)29-18-17-25(20-35(29)40)42-37-19-16-24(23-43)26-12-9-13-30(39(26)37)32-21-31-28-11-6-8-15-34(28)41(3,4)36(31)22-38(32)42/h5-23H,1-4H3. The molecule has 6 aromatic carbocycles. The summed E-state index contributed by atoms with van der Waals surface area (Å²) in [5.74, 6) is 0. The normalized spacial score (nSPS) is 15.9. The van der Waals surface area contributed by atoms with Crippen molar-refractivity contribution < 1.29 is 4.79 Å². The first-order valence-corrected chi connectivity index (χ1v) is 15.1. The second-order valence-corrected chi connectivity index (χ2v) is 13.3. The molecule has 0 aromatic heterocycles. The molecular weight excluding hydrogens is 522 g/mol. The predicted octanol–water partition coefficient (Wildman–Crippen LogP) is 10.7. The van der Waals surface area contributed by atoms with Crippen LogP contribution in [0, 0.1) is 0 Å². The lowest BCUT2D eigenvalue weighted by molar-refractivity contribution is 0.112. The highest BCUT2D eigenvalue weighted by Crippen LogP contribution is 2.58. The van der Waals surface area contributed by atoms with Crippen molar-refractivity contribution in [3.05, 3.63) is 137 Å². The number of anilines is 3. The molecule has 206 valence electrons. The van der Waals surface area contributed by atoms with Gasteiger partial charge in [-0.15, -0.1) is 0 Å². The Morgan fingerprint density at radius 3 is 1.86 bits per heavy atom. The summed E-state index contributed by atoms with van der Waals surface area (Å²) < 4.78 is 0. The third-order valence-corrected chi connectivity index (χ3v) is 10.5. The topological polar surface area (TPSA) is 20.3 Å². The van der Waals surface area contributed by atoms with E-state index in [1.165, 1.54) is 61.3 Å². The maximum Gasteiger partial charge on any atom is 0.150 e. The van der Waals surface area contributed by atoms with Crippen molar-refractivity contribution >= 4 is 34.1 Å². The zero-order valence-electron chi connectivity index (χ0n) is 24.8. The van der Waals surface area contributed by atoms with Crippen LogP contribution in [0.3, 0.4) is 0 Å². The Hall–Kier alpha value is -4.95. The van der Waals surface area contributed by atoms with Crippen molar-refractivity contribution in [1.82, 2.24) is 0 Å². The van der Waals surface area contributed by atoms with Crippen molar-refractivity contribution in [1.29, 1.82) is 0 Å². The minimum Gasteiger partial charge on any atom is -0.309 e. The fourth-order valence-corrected chi connectivity index (χ4v) is 8.30. The van der Waals surface area contributed by atoms with Crippen LogP contribution in [-0.2, 0) is 10.8 Å². The van der Waals surface area contributed by atoms with Gasteiger partial charge in [0.25, 0.3) is 0 Å². The van der Waals surface area contributed by atoms with Gasteiger partial charge < -0.3 is 4.90 Å². The monoisotopic (exact) mass is 553 g/mol. The first-order chi connectivity index (χ1) is 20.8. The lowest BCUT2D eigenvalue weighted by Crippen LogP contribution is -2.20. The van der Waals surface area contributed by atoms with Crippen LogP contribution in [0.5, 0.6) is 0 Å². The van der Waals surface area contributed by atoms with Crippen molar-refractivity contribution in [3.63, 3.8) is 0 Å². The van der Waals surface area contributed by atoms with E-state index < -0.39 is 0 Å². The molecule has 0 amide bonds. The summed E-state index contributed by atoms with van der Waals surface area (Å²) in [6.45, 7) is 9.37. The van der Waals surface area contributed by atoms with Crippen LogP contribution >= 0.6 is 0 Å². The Morgan fingerprint density at radius 2 is 1.14 bits per heavy atom. The third-order valence-electron chi connectivity index (χ3n) is 10.5. The van der Waals surface area contributed by atoms with E-state index in [-0.39, 0.29) is 10.8 Å². The van der Waals surface area contributed by atoms with Gasteiger partial charge in [0.1, 0.15) is 0 Å². The molecule has 6 aromatic rings. The fourth-order valence-electron chi connectivity index (χ4n) is 8.30. The van der Waals surface area contributed by atoms with Crippen LogP contribution in [0.2, 0.25) is 0 Å². The highest BCUT2D eigenvalue weighted by molar-refractivity contribution is 6.17. The Labute approximate surface area is 252 Å². The quantitative estimate of drug-likeness (QED) is 0.199. The first kappa shape index (κ1) is 24.6. The second-order valence-electron chi connectivity index (χ2n) is 13.3. The van der Waals surface area contributed by atoms with E-state index in [1.807, 2.05) is 6.07 Å². The molecule has 9 rings (SSSR count). The zero-order chi connectivity index (χ0) is 29.2. The molecule has 0 bridgehead atoms. The van der Waals surface area contributed by atoms with E-state index in [0.29, 0.717) is 0 Å². The molecule has 0 fully saturated rings. The molecule has 0 radical (unpaired) electrons. The Morgan fingerprint density at radius 1 is 0.512 bits per heavy atom. The van der Waals surface area contributed by atoms with E-state index in [2.05, 4.69) is 136 Å². The van der Waals surface area contributed by atoms with Crippen LogP contribution in [-0.4, -0.2) is 6.29 Å². The van der Waals surface area contributed by atoms with Gasteiger partial charge in [0, 0.05) is 33.0 Å². The number of rotatable bonds is 2. The number of nitrogens with zero attached hydrogens (tertiary/aromatic N) is 1. The minimum absolute atomic E-state index is 0.100. The number of fused-ring (bicyclic) bond motifs is 8. The molecule has 0 unspecified atom stereocenters. The van der Waals surface area contributed by atoms with Crippen LogP contribution in [0.1, 0.15) is 60.3 Å². The van der Waals surface area contributed by atoms with Gasteiger partial charge >= 0.3 is 0 Å². The van der Waals surface area contributed by atoms with E-state index in [4.69, 9.17) is 0 Å². The number of hydrogen-bond donors (Lipinski definition) is 0. The molecule has 3 aliphatic rings. The summed E-state index contributed by atoms with van der Waals surface area (Å²) in [7, 11) is 0. The summed E-state index contributed by atoms with van der Waals surface area (Å²) >= 11 is 0. The van der Waals surface area contributed by atoms with Crippen molar-refractivity contribution in [2.24, 2.45) is 0 Å². The van der Waals surface area contributed by atoms with Crippen LogP contribution in [0.25, 0.3) is 44.2 Å². The number of aldehydes is 1. The maximum absolute atomic E-state index is 12.2. The summed E-state index contributed by atoms with van der Waals surface area (Å²) in [6.07, 6.45) is 0.985. The van der Waals surface area contributed by atoms with Gasteiger partial charge in [0.2, 0.25) is 0 Å². The van der Waals surface area contributed by atoms with Crippen molar-refractivity contribution in [2.45, 2.75) is 38.5 Å². The molecule has 0 saturated carbocycles. The molecular formula is C41H31NO. The number of carbonyl (C=O) groups excluding carboxylic acids is 1. The molecule has 1 aliphatic heterocycles. The Bertz CT molecular complexity index is 2220. The first-order valence-electron chi connectivity index (χ1n) is 15.1. The van der Waals surface area contributed by atoms with Gasteiger partial charge in [-0.3, -0.25) is 4.79 Å². The molecule has 43 heavy (non-hydrogen) atoms. The molecule has 0 spiro atoms. The highest BCUT2D eigenvalue weighted by atomic mass is 16.1. The molecule has 2 heteroatoms. The van der Waals surface area contributed by atoms with Gasteiger partial charge in [-0.25, -0.2) is 0 Å². The van der Waals surface area contributed by atoms with Crippen LogP contribution in [0.15, 0.2) is 109 Å². The molecule has 0 saturated heterocycles. The summed E-state index contributed by atoms with van der Waals surface area (Å²) in [5.41, 5.74) is 17.1. The van der Waals surface area contributed by atoms with E-state index in [1.54, 1.807) is 0 Å². The van der Waals surface area contributed by atoms with Crippen molar-refractivity contribution in [3.8, 4) is 33.4 Å². The third kappa shape index (κ3) is 3.01. The summed E-state index contributed by atoms with van der Waals surface area (Å²) in [4.78, 5) is 14.6. The van der Waals surface area contributed by atoms with Gasteiger partial charge in [-0.1, -0.05) is 100 Å². The zero-order valence-corrected chi connectivity index (χ0v) is 24.8. The lowest BCUT2D eigenvalue weighted by Gasteiger charge is -2.36. The molecule has 0 atom stereocenters. The predicted molar refractivity (Wildman–Crippen MR) is 178 cm³/mol. The number of carbonyl (C=O) groups is 1. The smallest absolute Gasteiger partial charge is 0.150 e. The fraction of sp³-hybridized carbons (Fsp3) is 0.146. The summed E-state index contributed by atoms with van der Waals surface area (Å²) in [6, 6.07) is 40.0. The highest BCUT2D eigenvalue weighted by Gasteiger charge is 2.39. The average molecular weight is 554 g/mol. The molecule has 2 aliphatic carbocycles. The van der Waals surface area contributed by atoms with Crippen molar-refractivity contribution in [2.75, 3.05) is 4.90 Å². The average Bonchev–Trinajstić information content (AvgIpc) is 3.40. The van der Waals surface area contributed by atoms with E-state index in [9.17, 15) is 4.79 Å². The van der Waals surface area contributed by atoms with Gasteiger partial charge in [0.15, 0.2) is 6.29 Å². The lowest BCUT2D eigenvalue weighted by atomic mass is 9.80. The molecule has 2 nitrogen and oxygen atoms in total. The van der Waals surface area contributed by atoms with Gasteiger partial charge in [0.05, 0.1) is 11.4 Å². The number of benzene rings is 6. The molecule has 1 heterocycles. The minimum atomic E-state index is -0.109. The largest absolute Gasteiger partial charge is 0.309 e. The molecule has 0 N–H and O–H groups in total. The Balaban J connectivity index is 1.37. The SMILES string of the molecule is CC1(C)c2ccccc2-c2ccc(N3c4cc5c(cc4-c4cccc6c(C=O)ccc3c46)-c3ccccc3C5(C)C)cc21. The van der Waals surface area contributed by atoms with Gasteiger partial charge in [-0.2, -0.15) is 0 Å². The van der Waals surface area contributed by atoms with E-state index >= 15 is 0 Å². The Kier molecular flexibility index (Phi) is 4.65. The van der Waals surface area contributed by atoms with E-state index in [0.717, 1.165) is 34.0 Å². The maximum atomic E-state index is 12.2. The van der Waals surface area contributed by atoms with Crippen LogP contribution < -0.4 is 4.90 Å².